The molecule has 1 saturated carbocycles. The highest BCUT2D eigenvalue weighted by molar-refractivity contribution is 7.92. The Morgan fingerprint density at radius 2 is 1.60 bits per heavy atom. The van der Waals surface area contributed by atoms with Gasteiger partial charge in [-0.3, -0.25) is 13.9 Å². The van der Waals surface area contributed by atoms with Crippen LogP contribution in [0.15, 0.2) is 78.9 Å². The molecule has 1 atom stereocenters. The monoisotopic (exact) mass is 615 g/mol. The van der Waals surface area contributed by atoms with Gasteiger partial charge in [0.2, 0.25) is 21.8 Å². The molecule has 0 aliphatic heterocycles. The van der Waals surface area contributed by atoms with Crippen LogP contribution in [0.1, 0.15) is 47.9 Å². The Morgan fingerprint density at radius 1 is 0.953 bits per heavy atom. The molecule has 1 aliphatic rings. The third-order valence-electron chi connectivity index (χ3n) is 7.72. The van der Waals surface area contributed by atoms with E-state index >= 15 is 0 Å². The number of rotatable bonds is 11. The fourth-order valence-electron chi connectivity index (χ4n) is 5.34. The van der Waals surface area contributed by atoms with Crippen LogP contribution in [0.4, 0.5) is 18.9 Å². The lowest BCUT2D eigenvalue weighted by atomic mass is 10.0. The van der Waals surface area contributed by atoms with Gasteiger partial charge in [-0.2, -0.15) is 13.2 Å². The molecule has 3 aromatic carbocycles. The molecule has 3 aromatic rings. The van der Waals surface area contributed by atoms with E-state index in [1.807, 2.05) is 55.5 Å². The first-order valence-corrected chi connectivity index (χ1v) is 16.0. The predicted octanol–water partition coefficient (Wildman–Crippen LogP) is 5.48. The highest BCUT2D eigenvalue weighted by atomic mass is 32.2. The van der Waals surface area contributed by atoms with E-state index in [1.165, 1.54) is 11.0 Å². The maximum absolute atomic E-state index is 14.2. The van der Waals surface area contributed by atoms with Crippen LogP contribution in [0, 0.1) is 6.92 Å². The average molecular weight is 616 g/mol. The number of amides is 2. The number of nitrogens with one attached hydrogen (secondary N) is 1. The summed E-state index contributed by atoms with van der Waals surface area (Å²) in [6, 6.07) is 19.3. The predicted molar refractivity (Wildman–Crippen MR) is 160 cm³/mol. The largest absolute Gasteiger partial charge is 0.416 e. The van der Waals surface area contributed by atoms with E-state index in [0.29, 0.717) is 10.4 Å². The number of halogens is 3. The lowest BCUT2D eigenvalue weighted by Gasteiger charge is -2.34. The third kappa shape index (κ3) is 8.59. The average Bonchev–Trinajstić information content (AvgIpc) is 3.47. The Balaban J connectivity index is 1.75. The van der Waals surface area contributed by atoms with Crippen LogP contribution in [-0.4, -0.2) is 50.0 Å². The number of carbonyl (C=O) groups excluding carboxylic acids is 2. The summed E-state index contributed by atoms with van der Waals surface area (Å²) in [6.07, 6.45) is -0.0834. The minimum atomic E-state index is -4.71. The van der Waals surface area contributed by atoms with Crippen molar-refractivity contribution in [1.82, 2.24) is 10.2 Å². The Kier molecular flexibility index (Phi) is 10.2. The van der Waals surface area contributed by atoms with E-state index in [-0.39, 0.29) is 30.6 Å². The summed E-state index contributed by atoms with van der Waals surface area (Å²) in [5.74, 6) is -1.07. The second-order valence-corrected chi connectivity index (χ2v) is 12.9. The van der Waals surface area contributed by atoms with Crippen molar-refractivity contribution in [3.05, 3.63) is 101 Å². The van der Waals surface area contributed by atoms with Gasteiger partial charge >= 0.3 is 6.18 Å². The molecule has 230 valence electrons. The summed E-state index contributed by atoms with van der Waals surface area (Å²) in [7, 11) is -4.20. The zero-order valence-electron chi connectivity index (χ0n) is 24.2. The van der Waals surface area contributed by atoms with Crippen molar-refractivity contribution in [2.24, 2.45) is 0 Å². The summed E-state index contributed by atoms with van der Waals surface area (Å²) >= 11 is 0. The fourth-order valence-corrected chi connectivity index (χ4v) is 6.19. The first kappa shape index (κ1) is 32.1. The first-order valence-electron chi connectivity index (χ1n) is 14.2. The van der Waals surface area contributed by atoms with Crippen molar-refractivity contribution in [2.45, 2.75) is 63.8 Å². The Labute approximate surface area is 250 Å². The maximum atomic E-state index is 14.2. The number of hydrogen-bond donors (Lipinski definition) is 1. The maximum Gasteiger partial charge on any atom is 0.416 e. The van der Waals surface area contributed by atoms with Crippen molar-refractivity contribution < 1.29 is 31.2 Å². The molecule has 1 aliphatic carbocycles. The van der Waals surface area contributed by atoms with Gasteiger partial charge in [-0.1, -0.05) is 73.5 Å². The van der Waals surface area contributed by atoms with E-state index in [4.69, 9.17) is 0 Å². The summed E-state index contributed by atoms with van der Waals surface area (Å²) in [5, 5.41) is 3.08. The number of benzene rings is 3. The van der Waals surface area contributed by atoms with Crippen LogP contribution in [0.3, 0.4) is 0 Å². The van der Waals surface area contributed by atoms with Crippen LogP contribution in [-0.2, 0) is 38.8 Å². The van der Waals surface area contributed by atoms with Crippen LogP contribution in [0.25, 0.3) is 0 Å². The van der Waals surface area contributed by atoms with Gasteiger partial charge in [0, 0.05) is 19.0 Å². The zero-order valence-corrected chi connectivity index (χ0v) is 25.0. The topological polar surface area (TPSA) is 86.8 Å². The summed E-state index contributed by atoms with van der Waals surface area (Å²) in [5.41, 5.74) is 1.09. The van der Waals surface area contributed by atoms with Gasteiger partial charge in [-0.15, -0.1) is 0 Å². The van der Waals surface area contributed by atoms with Gasteiger partial charge in [0.15, 0.2) is 0 Å². The van der Waals surface area contributed by atoms with Crippen molar-refractivity contribution in [2.75, 3.05) is 17.1 Å². The van der Waals surface area contributed by atoms with E-state index in [0.717, 1.165) is 60.8 Å². The number of aryl methyl sites for hydroxylation is 1. The first-order chi connectivity index (χ1) is 20.3. The zero-order chi connectivity index (χ0) is 31.2. The lowest BCUT2D eigenvalue weighted by molar-refractivity contribution is -0.140. The molecule has 0 heterocycles. The van der Waals surface area contributed by atoms with E-state index < -0.39 is 40.3 Å². The fraction of sp³-hybridized carbons (Fsp3) is 0.375. The standard InChI is InChI=1S/C32H36F3N3O4S/c1-23-11-6-7-14-25(23)21-37(29(19-24-12-4-3-5-13-24)31(40)36-27-16-8-9-17-27)30(39)22-38(43(2,41)42)28-18-10-15-26(20-28)32(33,34)35/h3-7,10-15,18,20,27,29H,8-9,16-17,19,21-22H2,1-2H3,(H,36,40). The molecule has 1 fully saturated rings. The number of alkyl halides is 3. The lowest BCUT2D eigenvalue weighted by Crippen LogP contribution is -2.54. The third-order valence-corrected chi connectivity index (χ3v) is 8.86. The van der Waals surface area contributed by atoms with Crippen LogP contribution in [0.5, 0.6) is 0 Å². The molecule has 0 saturated heterocycles. The summed E-state index contributed by atoms with van der Waals surface area (Å²) in [6.45, 7) is 1.09. The number of sulfonamides is 1. The molecule has 0 spiro atoms. The molecule has 0 bridgehead atoms. The molecule has 11 heteroatoms. The van der Waals surface area contributed by atoms with Crippen molar-refractivity contribution in [3.8, 4) is 0 Å². The number of carbonyl (C=O) groups is 2. The summed E-state index contributed by atoms with van der Waals surface area (Å²) < 4.78 is 66.9. The number of hydrogen-bond acceptors (Lipinski definition) is 4. The molecule has 43 heavy (non-hydrogen) atoms. The Hall–Kier alpha value is -3.86. The SMILES string of the molecule is Cc1ccccc1CN(C(=O)CN(c1cccc(C(F)(F)F)c1)S(C)(=O)=O)C(Cc1ccccc1)C(=O)NC1CCCC1. The highest BCUT2D eigenvalue weighted by Crippen LogP contribution is 2.32. The second kappa shape index (κ2) is 13.6. The second-order valence-electron chi connectivity index (χ2n) is 11.0. The molecule has 1 unspecified atom stereocenters. The van der Waals surface area contributed by atoms with Gasteiger partial charge < -0.3 is 10.2 Å². The normalized spacial score (nSPS) is 14.7. The molecule has 1 N–H and O–H groups in total. The Bertz CT molecular complexity index is 1520. The van der Waals surface area contributed by atoms with Crippen LogP contribution < -0.4 is 9.62 Å². The number of anilines is 1. The quantitative estimate of drug-likeness (QED) is 0.310. The van der Waals surface area contributed by atoms with Crippen LogP contribution >= 0.6 is 0 Å². The van der Waals surface area contributed by atoms with Gasteiger partial charge in [-0.25, -0.2) is 8.42 Å². The van der Waals surface area contributed by atoms with Gasteiger partial charge in [0.05, 0.1) is 17.5 Å². The molecular weight excluding hydrogens is 579 g/mol. The highest BCUT2D eigenvalue weighted by Gasteiger charge is 2.36. The van der Waals surface area contributed by atoms with Crippen molar-refractivity contribution in [3.63, 3.8) is 0 Å². The van der Waals surface area contributed by atoms with E-state index in [9.17, 15) is 31.2 Å². The van der Waals surface area contributed by atoms with Crippen molar-refractivity contribution in [1.29, 1.82) is 0 Å². The molecule has 0 aromatic heterocycles. The smallest absolute Gasteiger partial charge is 0.352 e. The molecule has 0 radical (unpaired) electrons. The molecule has 2 amide bonds. The Morgan fingerprint density at radius 3 is 2.23 bits per heavy atom. The minimum absolute atomic E-state index is 0.00128. The minimum Gasteiger partial charge on any atom is -0.352 e. The van der Waals surface area contributed by atoms with E-state index in [1.54, 1.807) is 6.07 Å². The van der Waals surface area contributed by atoms with Gasteiger partial charge in [0.1, 0.15) is 12.6 Å². The summed E-state index contributed by atoms with van der Waals surface area (Å²) in [4.78, 5) is 29.4. The van der Waals surface area contributed by atoms with Crippen LogP contribution in [0.2, 0.25) is 0 Å². The number of nitrogens with zero attached hydrogens (tertiary/aromatic N) is 2. The van der Waals surface area contributed by atoms with E-state index in [2.05, 4.69) is 5.32 Å². The molecular formula is C32H36F3N3O4S. The molecule has 4 rings (SSSR count). The van der Waals surface area contributed by atoms with Gasteiger partial charge in [0.25, 0.3) is 0 Å². The van der Waals surface area contributed by atoms with Crippen molar-refractivity contribution >= 4 is 27.5 Å². The molecule has 7 nitrogen and oxygen atoms in total. The van der Waals surface area contributed by atoms with Gasteiger partial charge in [-0.05, 0) is 54.7 Å².